The smallest absolute Gasteiger partial charge is 0.273 e. The van der Waals surface area contributed by atoms with Crippen LogP contribution in [0.2, 0.25) is 0 Å². The summed E-state index contributed by atoms with van der Waals surface area (Å²) in [6.07, 6.45) is 1.88. The molecule has 0 saturated heterocycles. The van der Waals surface area contributed by atoms with Crippen molar-refractivity contribution in [2.24, 2.45) is 0 Å². The van der Waals surface area contributed by atoms with Crippen LogP contribution in [0.1, 0.15) is 42.9 Å². The molecule has 0 saturated carbocycles. The maximum atomic E-state index is 11.9. The second kappa shape index (κ2) is 6.68. The van der Waals surface area contributed by atoms with Gasteiger partial charge in [0.2, 0.25) is 0 Å². The number of amides is 1. The molecule has 6 nitrogen and oxygen atoms in total. The number of likely N-dealkylation sites (N-methyl/N-ethyl adjacent to an activating group) is 1. The van der Waals surface area contributed by atoms with Gasteiger partial charge in [-0.3, -0.25) is 4.79 Å². The van der Waals surface area contributed by atoms with Gasteiger partial charge in [-0.25, -0.2) is 0 Å². The number of nitrogens with one attached hydrogen (secondary N) is 1. The van der Waals surface area contributed by atoms with E-state index in [1.54, 1.807) is 0 Å². The quantitative estimate of drug-likeness (QED) is 0.772. The summed E-state index contributed by atoms with van der Waals surface area (Å²) in [5, 5.41) is 15.4. The highest BCUT2D eigenvalue weighted by Gasteiger charge is 2.29. The second-order valence-corrected chi connectivity index (χ2v) is 4.85. The Hall–Kier alpha value is -1.40. The lowest BCUT2D eigenvalue weighted by Gasteiger charge is -2.38. The summed E-state index contributed by atoms with van der Waals surface area (Å²) < 4.78 is 4.80. The molecule has 0 fully saturated rings. The van der Waals surface area contributed by atoms with E-state index in [-0.39, 0.29) is 29.5 Å². The molecule has 0 bridgehead atoms. The number of nitrogens with zero attached hydrogens (tertiary/aromatic N) is 2. The summed E-state index contributed by atoms with van der Waals surface area (Å²) in [4.78, 5) is 14.1. The Morgan fingerprint density at radius 3 is 2.53 bits per heavy atom. The number of hydrogen-bond acceptors (Lipinski definition) is 5. The lowest BCUT2D eigenvalue weighted by atomic mass is 9.91. The number of aliphatic hydroxyl groups excluding tert-OH is 1. The van der Waals surface area contributed by atoms with Gasteiger partial charge in [-0.05, 0) is 26.9 Å². The molecule has 1 aromatic rings. The molecule has 0 aliphatic carbocycles. The van der Waals surface area contributed by atoms with Crippen LogP contribution in [-0.4, -0.2) is 47.2 Å². The molecule has 108 valence electrons. The summed E-state index contributed by atoms with van der Waals surface area (Å²) in [5.74, 6) is 0.00609. The first-order chi connectivity index (χ1) is 8.99. The minimum Gasteiger partial charge on any atom is -0.388 e. The summed E-state index contributed by atoms with van der Waals surface area (Å²) in [7, 11) is 4.03. The van der Waals surface area contributed by atoms with E-state index in [1.807, 2.05) is 14.1 Å². The van der Waals surface area contributed by atoms with Gasteiger partial charge in [0.15, 0.2) is 11.5 Å². The van der Waals surface area contributed by atoms with Crippen LogP contribution < -0.4 is 5.32 Å². The van der Waals surface area contributed by atoms with Gasteiger partial charge in [-0.2, -0.15) is 0 Å². The van der Waals surface area contributed by atoms with E-state index in [2.05, 4.69) is 29.2 Å². The molecule has 0 radical (unpaired) electrons. The Morgan fingerprint density at radius 2 is 2.11 bits per heavy atom. The monoisotopic (exact) mass is 269 g/mol. The standard InChI is InChI=1S/C13H23N3O3/c1-5-13(6-2,16(3)4)9-14-12(18)11-7-10(8-17)19-15-11/h7,17H,5-6,8-9H2,1-4H3,(H,14,18). The molecule has 1 aromatic heterocycles. The molecule has 1 rings (SSSR count). The topological polar surface area (TPSA) is 78.6 Å². The number of carbonyl (C=O) groups excluding carboxylic acids is 1. The Kier molecular flexibility index (Phi) is 5.50. The molecule has 0 aliphatic rings. The van der Waals surface area contributed by atoms with Gasteiger partial charge >= 0.3 is 0 Å². The van der Waals surface area contributed by atoms with Crippen molar-refractivity contribution < 1.29 is 14.4 Å². The van der Waals surface area contributed by atoms with E-state index < -0.39 is 0 Å². The SMILES string of the molecule is CCC(CC)(CNC(=O)c1cc(CO)on1)N(C)C. The van der Waals surface area contributed by atoms with Crippen molar-refractivity contribution in [3.63, 3.8) is 0 Å². The molecule has 6 heteroatoms. The maximum absolute atomic E-state index is 11.9. The third-order valence-corrected chi connectivity index (χ3v) is 3.79. The van der Waals surface area contributed by atoms with Gasteiger partial charge in [0.1, 0.15) is 6.61 Å². The van der Waals surface area contributed by atoms with Gasteiger partial charge in [0, 0.05) is 18.2 Å². The molecule has 19 heavy (non-hydrogen) atoms. The lowest BCUT2D eigenvalue weighted by molar-refractivity contribution is 0.0873. The highest BCUT2D eigenvalue weighted by Crippen LogP contribution is 2.20. The first kappa shape index (κ1) is 15.7. The molecule has 1 heterocycles. The normalized spacial score (nSPS) is 11.9. The van der Waals surface area contributed by atoms with Crippen LogP contribution in [0.15, 0.2) is 10.6 Å². The lowest BCUT2D eigenvalue weighted by Crippen LogP contribution is -2.52. The number of hydrogen-bond donors (Lipinski definition) is 2. The molecule has 0 spiro atoms. The Balaban J connectivity index is 2.66. The van der Waals surface area contributed by atoms with E-state index in [1.165, 1.54) is 6.07 Å². The number of aromatic nitrogens is 1. The summed E-state index contributed by atoms with van der Waals surface area (Å²) in [6, 6.07) is 1.45. The first-order valence-corrected chi connectivity index (χ1v) is 6.51. The fraction of sp³-hybridized carbons (Fsp3) is 0.692. The van der Waals surface area contributed by atoms with Gasteiger partial charge < -0.3 is 19.8 Å². The van der Waals surface area contributed by atoms with Crippen LogP contribution in [0.3, 0.4) is 0 Å². The van der Waals surface area contributed by atoms with Crippen molar-refractivity contribution in [2.45, 2.75) is 38.8 Å². The second-order valence-electron chi connectivity index (χ2n) is 4.85. The zero-order chi connectivity index (χ0) is 14.5. The minimum atomic E-state index is -0.281. The number of carbonyl (C=O) groups is 1. The molecule has 1 amide bonds. The van der Waals surface area contributed by atoms with Gasteiger partial charge in [0.05, 0.1) is 0 Å². The zero-order valence-electron chi connectivity index (χ0n) is 12.1. The largest absolute Gasteiger partial charge is 0.388 e. The van der Waals surface area contributed by atoms with Gasteiger partial charge in [-0.15, -0.1) is 0 Å². The first-order valence-electron chi connectivity index (χ1n) is 6.51. The van der Waals surface area contributed by atoms with E-state index in [0.29, 0.717) is 6.54 Å². The molecular weight excluding hydrogens is 246 g/mol. The Morgan fingerprint density at radius 1 is 1.47 bits per heavy atom. The van der Waals surface area contributed by atoms with E-state index >= 15 is 0 Å². The average Bonchev–Trinajstić information content (AvgIpc) is 2.88. The highest BCUT2D eigenvalue weighted by molar-refractivity contribution is 5.92. The molecule has 0 unspecified atom stereocenters. The Labute approximate surface area is 113 Å². The fourth-order valence-corrected chi connectivity index (χ4v) is 2.12. The summed E-state index contributed by atoms with van der Waals surface area (Å²) in [5.41, 5.74) is 0.142. The summed E-state index contributed by atoms with van der Waals surface area (Å²) >= 11 is 0. The van der Waals surface area contributed by atoms with Crippen LogP contribution >= 0.6 is 0 Å². The third kappa shape index (κ3) is 3.54. The zero-order valence-corrected chi connectivity index (χ0v) is 12.1. The Bertz CT molecular complexity index is 411. The third-order valence-electron chi connectivity index (χ3n) is 3.79. The minimum absolute atomic E-state index is 0.0563. The predicted octanol–water partition coefficient (Wildman–Crippen LogP) is 1.02. The number of rotatable bonds is 7. The number of aliphatic hydroxyl groups is 1. The highest BCUT2D eigenvalue weighted by atomic mass is 16.5. The summed E-state index contributed by atoms with van der Waals surface area (Å²) in [6.45, 7) is 4.50. The molecule has 2 N–H and O–H groups in total. The van der Waals surface area contributed by atoms with Crippen LogP contribution in [0.4, 0.5) is 0 Å². The average molecular weight is 269 g/mol. The maximum Gasteiger partial charge on any atom is 0.273 e. The van der Waals surface area contributed by atoms with Gasteiger partial charge in [-0.1, -0.05) is 19.0 Å². The van der Waals surface area contributed by atoms with Crippen molar-refractivity contribution in [3.05, 3.63) is 17.5 Å². The predicted molar refractivity (Wildman–Crippen MR) is 71.8 cm³/mol. The van der Waals surface area contributed by atoms with Crippen molar-refractivity contribution >= 4 is 5.91 Å². The van der Waals surface area contributed by atoms with E-state index in [0.717, 1.165) is 12.8 Å². The molecule has 0 atom stereocenters. The van der Waals surface area contributed by atoms with Crippen molar-refractivity contribution in [1.82, 2.24) is 15.4 Å². The van der Waals surface area contributed by atoms with Crippen molar-refractivity contribution in [1.29, 1.82) is 0 Å². The molecule has 0 aromatic carbocycles. The van der Waals surface area contributed by atoms with Crippen LogP contribution in [0.25, 0.3) is 0 Å². The fourth-order valence-electron chi connectivity index (χ4n) is 2.12. The van der Waals surface area contributed by atoms with Crippen LogP contribution in [0, 0.1) is 0 Å². The van der Waals surface area contributed by atoms with Crippen molar-refractivity contribution in [2.75, 3.05) is 20.6 Å². The van der Waals surface area contributed by atoms with Crippen LogP contribution in [-0.2, 0) is 6.61 Å². The van der Waals surface area contributed by atoms with Gasteiger partial charge in [0.25, 0.3) is 5.91 Å². The van der Waals surface area contributed by atoms with E-state index in [4.69, 9.17) is 9.63 Å². The van der Waals surface area contributed by atoms with Crippen LogP contribution in [0.5, 0.6) is 0 Å². The van der Waals surface area contributed by atoms with Crippen molar-refractivity contribution in [3.8, 4) is 0 Å². The molecule has 0 aliphatic heterocycles. The molecular formula is C13H23N3O3. The van der Waals surface area contributed by atoms with E-state index in [9.17, 15) is 4.79 Å².